The summed E-state index contributed by atoms with van der Waals surface area (Å²) in [4.78, 5) is 28.6. The van der Waals surface area contributed by atoms with E-state index in [1.807, 2.05) is 51.1 Å². The zero-order valence-electron chi connectivity index (χ0n) is 21.9. The van der Waals surface area contributed by atoms with Crippen molar-refractivity contribution in [1.29, 1.82) is 0 Å². The van der Waals surface area contributed by atoms with Gasteiger partial charge in [-0.05, 0) is 48.9 Å². The first-order chi connectivity index (χ1) is 18.0. The van der Waals surface area contributed by atoms with Crippen molar-refractivity contribution in [3.63, 3.8) is 0 Å². The Morgan fingerprint density at radius 1 is 0.974 bits per heavy atom. The molecule has 0 saturated carbocycles. The number of anilines is 1. The molecule has 10 heteroatoms. The highest BCUT2D eigenvalue weighted by Gasteiger charge is 2.32. The highest BCUT2D eigenvalue weighted by Crippen LogP contribution is 2.29. The fraction of sp³-hybridized carbons (Fsp3) is 0.357. The van der Waals surface area contributed by atoms with Crippen molar-refractivity contribution in [2.75, 3.05) is 17.1 Å². The predicted molar refractivity (Wildman–Crippen MR) is 155 cm³/mol. The summed E-state index contributed by atoms with van der Waals surface area (Å²) in [6, 6.07) is 16.7. The number of hydrogen-bond acceptors (Lipinski definition) is 4. The SMILES string of the molecule is CC[C@@H](C)NC(=O)[C@H](CC)N(Cc1ccc(Cl)cc1Cl)C(=O)CN(c1cccc2ccccc12)S(C)(=O)=O. The van der Waals surface area contributed by atoms with Crippen LogP contribution in [0.5, 0.6) is 0 Å². The Hall–Kier alpha value is -2.81. The van der Waals surface area contributed by atoms with Crippen molar-refractivity contribution in [1.82, 2.24) is 10.2 Å². The van der Waals surface area contributed by atoms with Gasteiger partial charge in [-0.1, -0.05) is 79.5 Å². The first-order valence-corrected chi connectivity index (χ1v) is 15.1. The molecule has 38 heavy (non-hydrogen) atoms. The zero-order valence-corrected chi connectivity index (χ0v) is 24.3. The molecule has 0 aliphatic rings. The number of amides is 2. The van der Waals surface area contributed by atoms with Crippen molar-refractivity contribution in [2.45, 2.75) is 52.2 Å². The van der Waals surface area contributed by atoms with Crippen LogP contribution in [0.25, 0.3) is 10.8 Å². The molecule has 0 aliphatic carbocycles. The normalized spacial score (nSPS) is 13.1. The maximum absolute atomic E-state index is 13.9. The maximum Gasteiger partial charge on any atom is 0.244 e. The summed E-state index contributed by atoms with van der Waals surface area (Å²) in [5.41, 5.74) is 0.982. The lowest BCUT2D eigenvalue weighted by Gasteiger charge is -2.33. The first kappa shape index (κ1) is 29.7. The Balaban J connectivity index is 2.05. The van der Waals surface area contributed by atoms with E-state index in [0.717, 1.165) is 22.4 Å². The van der Waals surface area contributed by atoms with Gasteiger partial charge in [0.2, 0.25) is 21.8 Å². The van der Waals surface area contributed by atoms with Gasteiger partial charge in [0.15, 0.2) is 0 Å². The number of carbonyl (C=O) groups is 2. The molecule has 2 amide bonds. The van der Waals surface area contributed by atoms with Crippen LogP contribution in [0.15, 0.2) is 60.7 Å². The van der Waals surface area contributed by atoms with E-state index < -0.39 is 28.5 Å². The minimum absolute atomic E-state index is 0.00834. The monoisotopic (exact) mass is 577 g/mol. The Labute approximate surface area is 234 Å². The molecule has 0 radical (unpaired) electrons. The molecule has 0 fully saturated rings. The lowest BCUT2D eigenvalue weighted by atomic mass is 10.1. The molecular formula is C28H33Cl2N3O4S. The van der Waals surface area contributed by atoms with Gasteiger partial charge in [-0.15, -0.1) is 0 Å². The quantitative estimate of drug-likeness (QED) is 0.319. The third-order valence-electron chi connectivity index (χ3n) is 6.46. The lowest BCUT2D eigenvalue weighted by Crippen LogP contribution is -2.53. The Morgan fingerprint density at radius 2 is 1.66 bits per heavy atom. The van der Waals surface area contributed by atoms with Gasteiger partial charge in [-0.2, -0.15) is 0 Å². The summed E-state index contributed by atoms with van der Waals surface area (Å²) in [7, 11) is -3.86. The van der Waals surface area contributed by atoms with E-state index in [9.17, 15) is 18.0 Å². The lowest BCUT2D eigenvalue weighted by molar-refractivity contribution is -0.140. The molecule has 1 N–H and O–H groups in total. The number of rotatable bonds is 11. The van der Waals surface area contributed by atoms with Crippen LogP contribution in [0.4, 0.5) is 5.69 Å². The van der Waals surface area contributed by atoms with Crippen LogP contribution in [0.2, 0.25) is 10.0 Å². The first-order valence-electron chi connectivity index (χ1n) is 12.5. The standard InChI is InChI=1S/C28H33Cl2N3O4S/c1-5-19(3)31-28(35)25(6-2)32(17-21-14-15-22(29)16-24(21)30)27(34)18-33(38(4,36)37)26-13-9-11-20-10-7-8-12-23(20)26/h7-16,19,25H,5-6,17-18H2,1-4H3,(H,31,35)/t19-,25+/m1/s1. The molecule has 3 aromatic rings. The number of sulfonamides is 1. The molecule has 0 aromatic heterocycles. The molecule has 0 spiro atoms. The summed E-state index contributed by atoms with van der Waals surface area (Å²) >= 11 is 12.5. The molecule has 0 bridgehead atoms. The number of hydrogen-bond donors (Lipinski definition) is 1. The summed E-state index contributed by atoms with van der Waals surface area (Å²) in [6.45, 7) is 5.18. The van der Waals surface area contributed by atoms with Crippen molar-refractivity contribution >= 4 is 61.5 Å². The van der Waals surface area contributed by atoms with E-state index in [2.05, 4.69) is 5.32 Å². The fourth-order valence-corrected chi connectivity index (χ4v) is 5.54. The minimum atomic E-state index is -3.86. The van der Waals surface area contributed by atoms with Gasteiger partial charge in [-0.25, -0.2) is 8.42 Å². The van der Waals surface area contributed by atoms with Crippen LogP contribution in [-0.4, -0.2) is 50.0 Å². The van der Waals surface area contributed by atoms with Crippen LogP contribution in [0, 0.1) is 0 Å². The molecule has 3 rings (SSSR count). The highest BCUT2D eigenvalue weighted by molar-refractivity contribution is 7.92. The second-order valence-corrected chi connectivity index (χ2v) is 12.0. The third-order valence-corrected chi connectivity index (χ3v) is 8.17. The van der Waals surface area contributed by atoms with Crippen molar-refractivity contribution < 1.29 is 18.0 Å². The van der Waals surface area contributed by atoms with Crippen LogP contribution in [-0.2, 0) is 26.2 Å². The Kier molecular flexibility index (Phi) is 10.0. The van der Waals surface area contributed by atoms with Gasteiger partial charge in [0, 0.05) is 28.0 Å². The predicted octanol–water partition coefficient (Wildman–Crippen LogP) is 5.63. The molecular weight excluding hydrogens is 545 g/mol. The molecule has 204 valence electrons. The maximum atomic E-state index is 13.9. The molecule has 0 saturated heterocycles. The number of nitrogens with zero attached hydrogens (tertiary/aromatic N) is 2. The van der Waals surface area contributed by atoms with Crippen LogP contribution in [0.3, 0.4) is 0 Å². The molecule has 7 nitrogen and oxygen atoms in total. The zero-order chi connectivity index (χ0) is 28.0. The topological polar surface area (TPSA) is 86.8 Å². The van der Waals surface area contributed by atoms with Crippen LogP contribution >= 0.6 is 23.2 Å². The van der Waals surface area contributed by atoms with Crippen molar-refractivity contribution in [2.24, 2.45) is 0 Å². The van der Waals surface area contributed by atoms with Crippen LogP contribution < -0.4 is 9.62 Å². The fourth-order valence-electron chi connectivity index (χ4n) is 4.21. The van der Waals surface area contributed by atoms with Gasteiger partial charge < -0.3 is 10.2 Å². The highest BCUT2D eigenvalue weighted by atomic mass is 35.5. The number of fused-ring (bicyclic) bond motifs is 1. The Bertz CT molecular complexity index is 1410. The molecule has 0 heterocycles. The average molecular weight is 579 g/mol. The van der Waals surface area contributed by atoms with Gasteiger partial charge in [0.25, 0.3) is 0 Å². The van der Waals surface area contributed by atoms with E-state index in [4.69, 9.17) is 23.2 Å². The van der Waals surface area contributed by atoms with Crippen molar-refractivity contribution in [3.8, 4) is 0 Å². The second kappa shape index (κ2) is 12.8. The number of halogens is 2. The van der Waals surface area contributed by atoms with Gasteiger partial charge in [0.1, 0.15) is 12.6 Å². The van der Waals surface area contributed by atoms with Gasteiger partial charge >= 0.3 is 0 Å². The van der Waals surface area contributed by atoms with E-state index in [1.54, 1.807) is 30.3 Å². The second-order valence-electron chi connectivity index (χ2n) is 9.27. The summed E-state index contributed by atoms with van der Waals surface area (Å²) in [6.07, 6.45) is 2.11. The summed E-state index contributed by atoms with van der Waals surface area (Å²) in [5.74, 6) is -0.836. The van der Waals surface area contributed by atoms with E-state index in [-0.39, 0.29) is 18.5 Å². The molecule has 0 unspecified atom stereocenters. The minimum Gasteiger partial charge on any atom is -0.352 e. The number of carbonyl (C=O) groups excluding carboxylic acids is 2. The smallest absolute Gasteiger partial charge is 0.244 e. The largest absolute Gasteiger partial charge is 0.352 e. The number of benzene rings is 3. The average Bonchev–Trinajstić information content (AvgIpc) is 2.87. The third kappa shape index (κ3) is 7.18. The number of nitrogens with one attached hydrogen (secondary N) is 1. The van der Waals surface area contributed by atoms with Gasteiger partial charge in [-0.3, -0.25) is 13.9 Å². The Morgan fingerprint density at radius 3 is 2.29 bits per heavy atom. The van der Waals surface area contributed by atoms with Gasteiger partial charge in [0.05, 0.1) is 11.9 Å². The van der Waals surface area contributed by atoms with E-state index >= 15 is 0 Å². The van der Waals surface area contributed by atoms with Crippen molar-refractivity contribution in [3.05, 3.63) is 76.3 Å². The van der Waals surface area contributed by atoms with E-state index in [1.165, 1.54) is 4.90 Å². The molecule has 2 atom stereocenters. The van der Waals surface area contributed by atoms with E-state index in [0.29, 0.717) is 33.1 Å². The summed E-state index contributed by atoms with van der Waals surface area (Å²) < 4.78 is 27.1. The summed E-state index contributed by atoms with van der Waals surface area (Å²) in [5, 5.41) is 5.28. The van der Waals surface area contributed by atoms with Crippen LogP contribution in [0.1, 0.15) is 39.2 Å². The molecule has 3 aromatic carbocycles. The molecule has 0 aliphatic heterocycles.